The first-order chi connectivity index (χ1) is 16.0. The molecular formula is C23H22N6O4. The zero-order valence-electron chi connectivity index (χ0n) is 17.8. The number of ether oxygens (including phenoxy) is 1. The van der Waals surface area contributed by atoms with Crippen molar-refractivity contribution in [1.29, 1.82) is 0 Å². The highest BCUT2D eigenvalue weighted by Gasteiger charge is 2.34. The van der Waals surface area contributed by atoms with Crippen LogP contribution in [-0.4, -0.2) is 45.9 Å². The number of amides is 2. The fourth-order valence-electron chi connectivity index (χ4n) is 3.37. The van der Waals surface area contributed by atoms with Gasteiger partial charge in [-0.2, -0.15) is 10.2 Å². The molecular weight excluding hydrogens is 424 g/mol. The summed E-state index contributed by atoms with van der Waals surface area (Å²) in [6.45, 7) is 2.00. The fourth-order valence-corrected chi connectivity index (χ4v) is 3.37. The lowest BCUT2D eigenvalue weighted by molar-refractivity contribution is -0.119. The average molecular weight is 446 g/mol. The van der Waals surface area contributed by atoms with Gasteiger partial charge in [-0.3, -0.25) is 14.6 Å². The van der Waals surface area contributed by atoms with E-state index in [0.29, 0.717) is 17.1 Å². The quantitative estimate of drug-likeness (QED) is 0.534. The molecule has 168 valence electrons. The Morgan fingerprint density at radius 3 is 2.45 bits per heavy atom. The molecule has 1 atom stereocenters. The summed E-state index contributed by atoms with van der Waals surface area (Å²) in [5.74, 6) is -1.47. The van der Waals surface area contributed by atoms with Crippen molar-refractivity contribution in [3.05, 3.63) is 72.6 Å². The zero-order chi connectivity index (χ0) is 23.4. The minimum Gasteiger partial charge on any atom is -0.461 e. The molecule has 2 heterocycles. The number of nitrogens with one attached hydrogen (secondary N) is 1. The molecule has 0 fully saturated rings. The highest BCUT2D eigenvalue weighted by atomic mass is 16.5. The third-order valence-corrected chi connectivity index (χ3v) is 4.98. The summed E-state index contributed by atoms with van der Waals surface area (Å²) in [6.07, 6.45) is 1.76. The van der Waals surface area contributed by atoms with E-state index in [1.54, 1.807) is 55.6 Å². The minimum absolute atomic E-state index is 0.109. The first kappa shape index (κ1) is 21.8. The summed E-state index contributed by atoms with van der Waals surface area (Å²) in [7, 11) is 0. The number of hydrogen-bond donors (Lipinski definition) is 2. The van der Waals surface area contributed by atoms with Crippen molar-refractivity contribution in [3.8, 4) is 5.69 Å². The summed E-state index contributed by atoms with van der Waals surface area (Å²) in [5.41, 5.74) is 7.86. The van der Waals surface area contributed by atoms with Gasteiger partial charge < -0.3 is 15.8 Å². The maximum atomic E-state index is 12.8. The summed E-state index contributed by atoms with van der Waals surface area (Å²) in [5, 5.41) is 12.8. The summed E-state index contributed by atoms with van der Waals surface area (Å²) < 4.78 is 6.48. The van der Waals surface area contributed by atoms with Crippen LogP contribution < -0.4 is 16.1 Å². The van der Waals surface area contributed by atoms with Crippen molar-refractivity contribution < 1.29 is 19.1 Å². The number of hydrazone groups is 1. The predicted octanol–water partition coefficient (Wildman–Crippen LogP) is 2.11. The van der Waals surface area contributed by atoms with Gasteiger partial charge in [0.2, 0.25) is 5.91 Å². The van der Waals surface area contributed by atoms with E-state index in [-0.39, 0.29) is 24.4 Å². The number of anilines is 2. The first-order valence-electron chi connectivity index (χ1n) is 10.3. The number of benzene rings is 2. The number of nitrogens with zero attached hydrogens (tertiary/aromatic N) is 4. The van der Waals surface area contributed by atoms with Crippen LogP contribution in [0, 0.1) is 0 Å². The van der Waals surface area contributed by atoms with Crippen LogP contribution in [0.25, 0.3) is 5.69 Å². The summed E-state index contributed by atoms with van der Waals surface area (Å²) >= 11 is 0. The standard InChI is InChI=1S/C23H22N6O4/c1-2-33-23(32)18-12-13-28(26-18)16-10-8-15(9-11-16)25-22(31)19-14-20(21(24)30)29(27-19)17-6-4-3-5-7-17/h3-13,20H,2,14H2,1H3,(H2,24,30)(H,25,31). The lowest BCUT2D eigenvalue weighted by Crippen LogP contribution is -2.39. The predicted molar refractivity (Wildman–Crippen MR) is 122 cm³/mol. The Hall–Kier alpha value is -4.47. The Morgan fingerprint density at radius 2 is 1.79 bits per heavy atom. The second kappa shape index (κ2) is 9.35. The number of carbonyl (C=O) groups is 3. The Bertz CT molecular complexity index is 1200. The zero-order valence-corrected chi connectivity index (χ0v) is 17.8. The van der Waals surface area contributed by atoms with E-state index in [1.807, 2.05) is 18.2 Å². The van der Waals surface area contributed by atoms with E-state index in [0.717, 1.165) is 0 Å². The lowest BCUT2D eigenvalue weighted by atomic mass is 10.1. The van der Waals surface area contributed by atoms with Crippen LogP contribution in [0.3, 0.4) is 0 Å². The van der Waals surface area contributed by atoms with Gasteiger partial charge in [0.25, 0.3) is 5.91 Å². The first-order valence-corrected chi connectivity index (χ1v) is 10.3. The molecule has 3 N–H and O–H groups in total. The van der Waals surface area contributed by atoms with Crippen LogP contribution in [0.1, 0.15) is 23.8 Å². The Labute approximate surface area is 189 Å². The van der Waals surface area contributed by atoms with E-state index >= 15 is 0 Å². The maximum absolute atomic E-state index is 12.8. The van der Waals surface area contributed by atoms with Crippen LogP contribution in [-0.2, 0) is 14.3 Å². The minimum atomic E-state index is -0.732. The Kier molecular flexibility index (Phi) is 6.16. The third-order valence-electron chi connectivity index (χ3n) is 4.98. The lowest BCUT2D eigenvalue weighted by Gasteiger charge is -2.20. The third kappa shape index (κ3) is 4.74. The normalized spacial score (nSPS) is 15.1. The molecule has 10 nitrogen and oxygen atoms in total. The van der Waals surface area contributed by atoms with Gasteiger partial charge in [0, 0.05) is 18.3 Å². The number of nitrogens with two attached hydrogens (primary N) is 1. The number of hydrogen-bond acceptors (Lipinski definition) is 7. The van der Waals surface area contributed by atoms with Gasteiger partial charge in [-0.1, -0.05) is 18.2 Å². The highest BCUT2D eigenvalue weighted by molar-refractivity contribution is 6.44. The van der Waals surface area contributed by atoms with Crippen LogP contribution >= 0.6 is 0 Å². The van der Waals surface area contributed by atoms with Gasteiger partial charge in [0.05, 0.1) is 18.0 Å². The second-order valence-electron chi connectivity index (χ2n) is 7.22. The van der Waals surface area contributed by atoms with Gasteiger partial charge in [-0.25, -0.2) is 9.48 Å². The van der Waals surface area contributed by atoms with Crippen molar-refractivity contribution in [2.75, 3.05) is 16.9 Å². The second-order valence-corrected chi connectivity index (χ2v) is 7.22. The molecule has 1 unspecified atom stereocenters. The molecule has 2 aromatic carbocycles. The molecule has 0 radical (unpaired) electrons. The number of para-hydroxylation sites is 1. The van der Waals surface area contributed by atoms with Gasteiger partial charge in [0.15, 0.2) is 5.69 Å². The fraction of sp³-hybridized carbons (Fsp3) is 0.174. The topological polar surface area (TPSA) is 132 Å². The molecule has 33 heavy (non-hydrogen) atoms. The number of rotatable bonds is 7. The highest BCUT2D eigenvalue weighted by Crippen LogP contribution is 2.25. The molecule has 1 aromatic heterocycles. The van der Waals surface area contributed by atoms with E-state index < -0.39 is 23.8 Å². The van der Waals surface area contributed by atoms with Crippen molar-refractivity contribution >= 4 is 34.9 Å². The molecule has 0 saturated heterocycles. The van der Waals surface area contributed by atoms with Crippen molar-refractivity contribution in [2.24, 2.45) is 10.8 Å². The largest absolute Gasteiger partial charge is 0.461 e. The van der Waals surface area contributed by atoms with Gasteiger partial charge in [-0.15, -0.1) is 0 Å². The number of aromatic nitrogens is 2. The SMILES string of the molecule is CCOC(=O)c1ccn(-c2ccc(NC(=O)C3=NN(c4ccccc4)C(C(N)=O)C3)cc2)n1. The van der Waals surface area contributed by atoms with Crippen LogP contribution in [0.4, 0.5) is 11.4 Å². The van der Waals surface area contributed by atoms with Crippen molar-refractivity contribution in [2.45, 2.75) is 19.4 Å². The molecule has 0 spiro atoms. The summed E-state index contributed by atoms with van der Waals surface area (Å²) in [4.78, 5) is 36.4. The van der Waals surface area contributed by atoms with E-state index in [4.69, 9.17) is 10.5 Å². The van der Waals surface area contributed by atoms with Crippen LogP contribution in [0.2, 0.25) is 0 Å². The Balaban J connectivity index is 1.45. The molecule has 0 bridgehead atoms. The van der Waals surface area contributed by atoms with Crippen molar-refractivity contribution in [3.63, 3.8) is 0 Å². The molecule has 1 aliphatic rings. The van der Waals surface area contributed by atoms with E-state index in [2.05, 4.69) is 15.5 Å². The number of esters is 1. The molecule has 3 aromatic rings. The molecule has 4 rings (SSSR count). The monoisotopic (exact) mass is 446 g/mol. The molecule has 0 saturated carbocycles. The van der Waals surface area contributed by atoms with Crippen molar-refractivity contribution in [1.82, 2.24) is 9.78 Å². The molecule has 10 heteroatoms. The molecule has 0 aliphatic carbocycles. The van der Waals surface area contributed by atoms with E-state index in [1.165, 1.54) is 9.69 Å². The Morgan fingerprint density at radius 1 is 1.06 bits per heavy atom. The molecule has 1 aliphatic heterocycles. The van der Waals surface area contributed by atoms with Gasteiger partial charge >= 0.3 is 5.97 Å². The smallest absolute Gasteiger partial charge is 0.358 e. The number of carbonyl (C=O) groups excluding carboxylic acids is 3. The summed E-state index contributed by atoms with van der Waals surface area (Å²) in [6, 6.07) is 16.8. The molecule has 2 amide bonds. The average Bonchev–Trinajstić information content (AvgIpc) is 3.49. The van der Waals surface area contributed by atoms with E-state index in [9.17, 15) is 14.4 Å². The van der Waals surface area contributed by atoms with Gasteiger partial charge in [0.1, 0.15) is 11.8 Å². The van der Waals surface area contributed by atoms with Gasteiger partial charge in [-0.05, 0) is 49.4 Å². The van der Waals surface area contributed by atoms with Crippen LogP contribution in [0.5, 0.6) is 0 Å². The van der Waals surface area contributed by atoms with Crippen LogP contribution in [0.15, 0.2) is 72.0 Å². The maximum Gasteiger partial charge on any atom is 0.358 e. The number of primary amides is 1.